The predicted molar refractivity (Wildman–Crippen MR) is 103 cm³/mol. The van der Waals surface area contributed by atoms with Crippen molar-refractivity contribution in [3.8, 4) is 11.1 Å². The van der Waals surface area contributed by atoms with Gasteiger partial charge in [0.1, 0.15) is 0 Å². The highest BCUT2D eigenvalue weighted by atomic mass is 14.4. The molecule has 124 valence electrons. The average Bonchev–Trinajstić information content (AvgIpc) is 2.53. The highest BCUT2D eigenvalue weighted by Gasteiger charge is 2.32. The molecular weight excluding hydrogens is 276 g/mol. The van der Waals surface area contributed by atoms with Gasteiger partial charge in [-0.05, 0) is 39.9 Å². The van der Waals surface area contributed by atoms with E-state index < -0.39 is 0 Å². The first kappa shape index (κ1) is 17.8. The van der Waals surface area contributed by atoms with Gasteiger partial charge in [-0.15, -0.1) is 0 Å². The predicted octanol–water partition coefficient (Wildman–Crippen LogP) is 7.31. The number of hydrogen-bond acceptors (Lipinski definition) is 0. The molecule has 1 unspecified atom stereocenters. The lowest BCUT2D eigenvalue weighted by molar-refractivity contribution is 0.203. The molecule has 0 aliphatic rings. The van der Waals surface area contributed by atoms with Crippen molar-refractivity contribution in [3.05, 3.63) is 60.2 Å². The van der Waals surface area contributed by atoms with Crippen LogP contribution in [0.5, 0.6) is 0 Å². The zero-order valence-corrected chi connectivity index (χ0v) is 15.7. The number of benzene rings is 2. The van der Waals surface area contributed by atoms with Gasteiger partial charge in [0.25, 0.3) is 0 Å². The Labute approximate surface area is 143 Å². The minimum atomic E-state index is 0.321. The molecule has 0 nitrogen and oxygen atoms in total. The summed E-state index contributed by atoms with van der Waals surface area (Å²) >= 11 is 0. The van der Waals surface area contributed by atoms with Gasteiger partial charge in [-0.25, -0.2) is 0 Å². The van der Waals surface area contributed by atoms with E-state index in [-0.39, 0.29) is 0 Å². The Morgan fingerprint density at radius 2 is 1.26 bits per heavy atom. The summed E-state index contributed by atoms with van der Waals surface area (Å²) in [4.78, 5) is 0. The van der Waals surface area contributed by atoms with E-state index in [4.69, 9.17) is 0 Å². The Bertz CT molecular complexity index is 597. The van der Waals surface area contributed by atoms with Crippen molar-refractivity contribution in [1.29, 1.82) is 0 Å². The highest BCUT2D eigenvalue weighted by Crippen LogP contribution is 2.45. The molecular formula is C23H32. The van der Waals surface area contributed by atoms with Gasteiger partial charge in [-0.3, -0.25) is 0 Å². The number of hydrogen-bond donors (Lipinski definition) is 0. The minimum absolute atomic E-state index is 0.321. The fourth-order valence-corrected chi connectivity index (χ4v) is 3.24. The fourth-order valence-electron chi connectivity index (χ4n) is 3.24. The van der Waals surface area contributed by atoms with Gasteiger partial charge in [0.2, 0.25) is 0 Å². The van der Waals surface area contributed by atoms with Crippen LogP contribution in [0.2, 0.25) is 0 Å². The SMILES string of the molecule is CCC(C)(C)C(CC(C)(C)C)c1ccc(-c2ccccc2)cc1. The summed E-state index contributed by atoms with van der Waals surface area (Å²) in [6.07, 6.45) is 2.42. The quantitative estimate of drug-likeness (QED) is 0.543. The van der Waals surface area contributed by atoms with Crippen molar-refractivity contribution in [2.24, 2.45) is 10.8 Å². The number of rotatable bonds is 5. The molecule has 0 heteroatoms. The Balaban J connectivity index is 2.33. The molecule has 0 aliphatic heterocycles. The zero-order valence-electron chi connectivity index (χ0n) is 15.7. The molecule has 0 amide bonds. The molecule has 0 heterocycles. The highest BCUT2D eigenvalue weighted by molar-refractivity contribution is 5.63. The average molecular weight is 309 g/mol. The van der Waals surface area contributed by atoms with Gasteiger partial charge in [0.15, 0.2) is 0 Å². The van der Waals surface area contributed by atoms with Crippen molar-refractivity contribution in [2.45, 2.75) is 60.3 Å². The van der Waals surface area contributed by atoms with Gasteiger partial charge in [0, 0.05) is 0 Å². The van der Waals surface area contributed by atoms with E-state index in [1.165, 1.54) is 29.5 Å². The van der Waals surface area contributed by atoms with Crippen LogP contribution in [0.3, 0.4) is 0 Å². The lowest BCUT2D eigenvalue weighted by Crippen LogP contribution is -2.25. The maximum atomic E-state index is 2.41. The molecule has 23 heavy (non-hydrogen) atoms. The molecule has 0 N–H and O–H groups in total. The lowest BCUT2D eigenvalue weighted by atomic mass is 9.67. The summed E-state index contributed by atoms with van der Waals surface area (Å²) in [5, 5.41) is 0. The van der Waals surface area contributed by atoms with Crippen LogP contribution in [0.25, 0.3) is 11.1 Å². The first-order chi connectivity index (χ1) is 10.7. The molecule has 0 radical (unpaired) electrons. The van der Waals surface area contributed by atoms with Crippen molar-refractivity contribution in [1.82, 2.24) is 0 Å². The van der Waals surface area contributed by atoms with Crippen LogP contribution < -0.4 is 0 Å². The molecule has 2 aromatic carbocycles. The molecule has 0 aliphatic carbocycles. The molecule has 0 fully saturated rings. The second-order valence-corrected chi connectivity index (χ2v) is 8.65. The normalized spacial score (nSPS) is 13.8. The first-order valence-corrected chi connectivity index (χ1v) is 8.88. The fraction of sp³-hybridized carbons (Fsp3) is 0.478. The molecule has 2 rings (SSSR count). The Hall–Kier alpha value is -1.56. The monoisotopic (exact) mass is 308 g/mol. The Kier molecular flexibility index (Phi) is 5.34. The standard InChI is InChI=1S/C23H32/c1-7-23(5,6)21(17-22(2,3)4)20-15-13-19(14-16-20)18-11-9-8-10-12-18/h8-16,21H,7,17H2,1-6H3. The van der Waals surface area contributed by atoms with Gasteiger partial charge in [0.05, 0.1) is 0 Å². The minimum Gasteiger partial charge on any atom is -0.0649 e. The third-order valence-electron chi connectivity index (χ3n) is 5.09. The second kappa shape index (κ2) is 6.91. The Morgan fingerprint density at radius 1 is 0.739 bits per heavy atom. The smallest absolute Gasteiger partial charge is 0.0106 e. The van der Waals surface area contributed by atoms with E-state index >= 15 is 0 Å². The largest absolute Gasteiger partial charge is 0.0649 e. The topological polar surface area (TPSA) is 0 Å². The van der Waals surface area contributed by atoms with Crippen molar-refractivity contribution in [2.75, 3.05) is 0 Å². The van der Waals surface area contributed by atoms with E-state index in [1.54, 1.807) is 0 Å². The third kappa shape index (κ3) is 4.70. The molecule has 0 spiro atoms. The van der Waals surface area contributed by atoms with Crippen LogP contribution in [-0.2, 0) is 0 Å². The van der Waals surface area contributed by atoms with Crippen molar-refractivity contribution < 1.29 is 0 Å². The third-order valence-corrected chi connectivity index (χ3v) is 5.09. The summed E-state index contributed by atoms with van der Waals surface area (Å²) in [7, 11) is 0. The lowest BCUT2D eigenvalue weighted by Gasteiger charge is -2.38. The van der Waals surface area contributed by atoms with Crippen LogP contribution in [0.15, 0.2) is 54.6 Å². The van der Waals surface area contributed by atoms with E-state index in [2.05, 4.69) is 96.1 Å². The summed E-state index contributed by atoms with van der Waals surface area (Å²) in [6.45, 7) is 14.2. The van der Waals surface area contributed by atoms with E-state index in [1.807, 2.05) is 0 Å². The summed E-state index contributed by atoms with van der Waals surface area (Å²) in [6, 6.07) is 19.9. The van der Waals surface area contributed by atoms with Crippen LogP contribution in [0.1, 0.15) is 65.9 Å². The summed E-state index contributed by atoms with van der Waals surface area (Å²) in [5.41, 5.74) is 4.74. The Morgan fingerprint density at radius 3 is 1.74 bits per heavy atom. The molecule has 0 saturated heterocycles. The molecule has 2 aromatic rings. The van der Waals surface area contributed by atoms with Crippen LogP contribution in [0.4, 0.5) is 0 Å². The van der Waals surface area contributed by atoms with Gasteiger partial charge in [-0.1, -0.05) is 103 Å². The van der Waals surface area contributed by atoms with Gasteiger partial charge >= 0.3 is 0 Å². The van der Waals surface area contributed by atoms with Gasteiger partial charge in [-0.2, -0.15) is 0 Å². The van der Waals surface area contributed by atoms with Crippen molar-refractivity contribution in [3.63, 3.8) is 0 Å². The molecule has 1 atom stereocenters. The van der Waals surface area contributed by atoms with E-state index in [0.29, 0.717) is 16.7 Å². The first-order valence-electron chi connectivity index (χ1n) is 8.88. The molecule has 0 bridgehead atoms. The second-order valence-electron chi connectivity index (χ2n) is 8.65. The van der Waals surface area contributed by atoms with Crippen molar-refractivity contribution >= 4 is 0 Å². The summed E-state index contributed by atoms with van der Waals surface area (Å²) in [5.74, 6) is 0.595. The van der Waals surface area contributed by atoms with Crippen LogP contribution >= 0.6 is 0 Å². The van der Waals surface area contributed by atoms with Crippen LogP contribution in [0, 0.1) is 10.8 Å². The zero-order chi connectivity index (χ0) is 17.1. The maximum Gasteiger partial charge on any atom is -0.0106 e. The molecule has 0 aromatic heterocycles. The molecule has 0 saturated carbocycles. The summed E-state index contributed by atoms with van der Waals surface area (Å²) < 4.78 is 0. The maximum absolute atomic E-state index is 2.41. The van der Waals surface area contributed by atoms with Crippen LogP contribution in [-0.4, -0.2) is 0 Å². The van der Waals surface area contributed by atoms with E-state index in [9.17, 15) is 0 Å². The van der Waals surface area contributed by atoms with E-state index in [0.717, 1.165) is 0 Å². The van der Waals surface area contributed by atoms with Gasteiger partial charge < -0.3 is 0 Å².